The third kappa shape index (κ3) is 4.47. The number of nitrogens with two attached hydrogens (primary N) is 1. The van der Waals surface area contributed by atoms with E-state index in [1.165, 1.54) is 5.57 Å². The van der Waals surface area contributed by atoms with Crippen LogP contribution in [0.25, 0.3) is 0 Å². The standard InChI is InChI=1S/C14H22N4O2/c1-10(2)4-8-20-12-5-7-19-9-11(12)17-14-16-6-3-13(15)18-14/h3-4,6,11-12H,5,7-9H2,1-2H3,(H3,15,16,17,18)/t11-,12+/m0/s1. The minimum atomic E-state index is 0.0381. The Morgan fingerprint density at radius 3 is 3.20 bits per heavy atom. The Hall–Kier alpha value is -1.66. The van der Waals surface area contributed by atoms with Crippen LogP contribution in [0.4, 0.5) is 11.8 Å². The van der Waals surface area contributed by atoms with E-state index in [-0.39, 0.29) is 12.1 Å². The maximum atomic E-state index is 5.90. The lowest BCUT2D eigenvalue weighted by Crippen LogP contribution is -2.44. The van der Waals surface area contributed by atoms with Crippen molar-refractivity contribution in [2.75, 3.05) is 30.9 Å². The van der Waals surface area contributed by atoms with Crippen molar-refractivity contribution in [1.82, 2.24) is 9.97 Å². The van der Waals surface area contributed by atoms with Gasteiger partial charge in [0.1, 0.15) is 5.82 Å². The molecule has 0 unspecified atom stereocenters. The highest BCUT2D eigenvalue weighted by molar-refractivity contribution is 5.36. The van der Waals surface area contributed by atoms with E-state index in [0.29, 0.717) is 25.0 Å². The van der Waals surface area contributed by atoms with Crippen LogP contribution in [0.15, 0.2) is 23.9 Å². The molecular formula is C14H22N4O2. The number of nitrogens with one attached hydrogen (secondary N) is 1. The zero-order valence-electron chi connectivity index (χ0n) is 12.0. The number of rotatable bonds is 5. The molecule has 1 aromatic rings. The predicted octanol–water partition coefficient (Wildman–Crippen LogP) is 1.61. The number of anilines is 2. The van der Waals surface area contributed by atoms with Crippen LogP contribution in [-0.4, -0.2) is 41.9 Å². The third-order valence-corrected chi connectivity index (χ3v) is 3.09. The zero-order chi connectivity index (χ0) is 14.4. The normalized spacial score (nSPS) is 22.3. The molecule has 2 atom stereocenters. The van der Waals surface area contributed by atoms with Crippen molar-refractivity contribution in [3.63, 3.8) is 0 Å². The molecule has 6 nitrogen and oxygen atoms in total. The summed E-state index contributed by atoms with van der Waals surface area (Å²) in [6.07, 6.45) is 4.65. The number of nitrogen functional groups attached to an aromatic ring is 1. The first-order chi connectivity index (χ1) is 9.65. The van der Waals surface area contributed by atoms with E-state index in [1.807, 2.05) is 0 Å². The summed E-state index contributed by atoms with van der Waals surface area (Å²) in [5.74, 6) is 0.956. The summed E-state index contributed by atoms with van der Waals surface area (Å²) in [5.41, 5.74) is 6.90. The third-order valence-electron chi connectivity index (χ3n) is 3.09. The molecule has 0 spiro atoms. The summed E-state index contributed by atoms with van der Waals surface area (Å²) in [4.78, 5) is 8.29. The van der Waals surface area contributed by atoms with Crippen LogP contribution in [-0.2, 0) is 9.47 Å². The van der Waals surface area contributed by atoms with E-state index in [9.17, 15) is 0 Å². The summed E-state index contributed by atoms with van der Waals surface area (Å²) in [7, 11) is 0. The van der Waals surface area contributed by atoms with Crippen molar-refractivity contribution in [3.8, 4) is 0 Å². The second kappa shape index (κ2) is 7.21. The number of ether oxygens (including phenoxy) is 2. The van der Waals surface area contributed by atoms with Gasteiger partial charge < -0.3 is 20.5 Å². The van der Waals surface area contributed by atoms with Gasteiger partial charge in [-0.2, -0.15) is 4.98 Å². The van der Waals surface area contributed by atoms with Crippen LogP contribution >= 0.6 is 0 Å². The molecule has 0 bridgehead atoms. The Balaban J connectivity index is 1.94. The fourth-order valence-corrected chi connectivity index (χ4v) is 2.00. The van der Waals surface area contributed by atoms with Gasteiger partial charge in [0.05, 0.1) is 25.4 Å². The van der Waals surface area contributed by atoms with Gasteiger partial charge in [0.25, 0.3) is 0 Å². The van der Waals surface area contributed by atoms with E-state index in [0.717, 1.165) is 13.0 Å². The molecule has 6 heteroatoms. The van der Waals surface area contributed by atoms with Crippen molar-refractivity contribution in [3.05, 3.63) is 23.9 Å². The van der Waals surface area contributed by atoms with Gasteiger partial charge in [-0.25, -0.2) is 4.98 Å². The highest BCUT2D eigenvalue weighted by Gasteiger charge is 2.26. The van der Waals surface area contributed by atoms with Crippen molar-refractivity contribution >= 4 is 11.8 Å². The Labute approximate surface area is 119 Å². The molecule has 0 aliphatic carbocycles. The van der Waals surface area contributed by atoms with E-state index >= 15 is 0 Å². The fraction of sp³-hybridized carbons (Fsp3) is 0.571. The number of allylic oxidation sites excluding steroid dienone is 1. The maximum absolute atomic E-state index is 5.90. The van der Waals surface area contributed by atoms with Crippen molar-refractivity contribution in [2.24, 2.45) is 0 Å². The predicted molar refractivity (Wildman–Crippen MR) is 78.5 cm³/mol. The van der Waals surface area contributed by atoms with Crippen LogP contribution in [0, 0.1) is 0 Å². The molecule has 0 radical (unpaired) electrons. The van der Waals surface area contributed by atoms with Gasteiger partial charge >= 0.3 is 0 Å². The van der Waals surface area contributed by atoms with Crippen LogP contribution in [0.5, 0.6) is 0 Å². The molecule has 2 rings (SSSR count). The van der Waals surface area contributed by atoms with Crippen molar-refractivity contribution in [2.45, 2.75) is 32.4 Å². The largest absolute Gasteiger partial charge is 0.384 e. The molecule has 1 aliphatic rings. The molecule has 1 aliphatic heterocycles. The molecule has 0 aromatic carbocycles. The summed E-state index contributed by atoms with van der Waals surface area (Å²) in [6, 6.07) is 1.70. The van der Waals surface area contributed by atoms with Gasteiger partial charge in [0.15, 0.2) is 0 Å². The average Bonchev–Trinajstić information content (AvgIpc) is 2.40. The van der Waals surface area contributed by atoms with Crippen molar-refractivity contribution < 1.29 is 9.47 Å². The average molecular weight is 278 g/mol. The Morgan fingerprint density at radius 1 is 1.60 bits per heavy atom. The Bertz CT molecular complexity index is 460. The maximum Gasteiger partial charge on any atom is 0.224 e. The molecule has 1 fully saturated rings. The second-order valence-corrected chi connectivity index (χ2v) is 5.07. The topological polar surface area (TPSA) is 82.3 Å². The number of hydrogen-bond acceptors (Lipinski definition) is 6. The van der Waals surface area contributed by atoms with Crippen LogP contribution < -0.4 is 11.1 Å². The summed E-state index contributed by atoms with van der Waals surface area (Å²) < 4.78 is 11.4. The molecule has 3 N–H and O–H groups in total. The molecule has 20 heavy (non-hydrogen) atoms. The minimum absolute atomic E-state index is 0.0381. The lowest BCUT2D eigenvalue weighted by atomic mass is 10.1. The first-order valence-corrected chi connectivity index (χ1v) is 6.83. The Kier molecular flexibility index (Phi) is 5.31. The molecular weight excluding hydrogens is 256 g/mol. The van der Waals surface area contributed by atoms with Crippen LogP contribution in [0.3, 0.4) is 0 Å². The monoisotopic (exact) mass is 278 g/mol. The smallest absolute Gasteiger partial charge is 0.224 e. The molecule has 1 saturated heterocycles. The number of nitrogens with zero attached hydrogens (tertiary/aromatic N) is 2. The van der Waals surface area contributed by atoms with E-state index < -0.39 is 0 Å². The molecule has 0 saturated carbocycles. The first kappa shape index (κ1) is 14.7. The SMILES string of the molecule is CC(C)=CCO[C@@H]1CCOC[C@@H]1Nc1nccc(N)n1. The van der Waals surface area contributed by atoms with Crippen LogP contribution in [0.1, 0.15) is 20.3 Å². The lowest BCUT2D eigenvalue weighted by molar-refractivity contribution is -0.0319. The minimum Gasteiger partial charge on any atom is -0.384 e. The summed E-state index contributed by atoms with van der Waals surface area (Å²) in [5, 5.41) is 3.24. The number of hydrogen-bond donors (Lipinski definition) is 2. The molecule has 2 heterocycles. The van der Waals surface area contributed by atoms with Crippen molar-refractivity contribution in [1.29, 1.82) is 0 Å². The van der Waals surface area contributed by atoms with E-state index in [2.05, 4.69) is 35.2 Å². The van der Waals surface area contributed by atoms with E-state index in [4.69, 9.17) is 15.2 Å². The zero-order valence-corrected chi connectivity index (χ0v) is 12.0. The van der Waals surface area contributed by atoms with Gasteiger partial charge in [-0.15, -0.1) is 0 Å². The quantitative estimate of drug-likeness (QED) is 0.796. The fourth-order valence-electron chi connectivity index (χ4n) is 2.00. The van der Waals surface area contributed by atoms with Gasteiger partial charge in [-0.05, 0) is 26.3 Å². The lowest BCUT2D eigenvalue weighted by Gasteiger charge is -2.31. The highest BCUT2D eigenvalue weighted by Crippen LogP contribution is 2.16. The molecule has 1 aromatic heterocycles. The van der Waals surface area contributed by atoms with Gasteiger partial charge in [0, 0.05) is 12.8 Å². The number of aromatic nitrogens is 2. The first-order valence-electron chi connectivity index (χ1n) is 6.83. The second-order valence-electron chi connectivity index (χ2n) is 5.07. The van der Waals surface area contributed by atoms with Crippen LogP contribution in [0.2, 0.25) is 0 Å². The summed E-state index contributed by atoms with van der Waals surface area (Å²) >= 11 is 0. The molecule has 0 amide bonds. The highest BCUT2D eigenvalue weighted by atomic mass is 16.5. The van der Waals surface area contributed by atoms with Gasteiger partial charge in [-0.3, -0.25) is 0 Å². The Morgan fingerprint density at radius 2 is 2.45 bits per heavy atom. The van der Waals surface area contributed by atoms with Gasteiger partial charge in [0.2, 0.25) is 5.95 Å². The summed E-state index contributed by atoms with van der Waals surface area (Å²) in [6.45, 7) is 6.03. The van der Waals surface area contributed by atoms with E-state index in [1.54, 1.807) is 12.3 Å². The van der Waals surface area contributed by atoms with Gasteiger partial charge in [-0.1, -0.05) is 11.6 Å². The molecule has 110 valence electrons.